The molecule has 0 aromatic heterocycles. The maximum absolute atomic E-state index is 5.83. The molecule has 3 heteroatoms. The Labute approximate surface area is 86.7 Å². The van der Waals surface area contributed by atoms with Gasteiger partial charge in [0.05, 0.1) is 30.5 Å². The van der Waals surface area contributed by atoms with Crippen molar-refractivity contribution in [2.75, 3.05) is 20.3 Å². The normalized spacial score (nSPS) is 22.5. The summed E-state index contributed by atoms with van der Waals surface area (Å²) in [5.41, 5.74) is -0.321. The van der Waals surface area contributed by atoms with Crippen molar-refractivity contribution in [3.05, 3.63) is 0 Å². The maximum Gasteiger partial charge on any atom is 0.0855 e. The Hall–Kier alpha value is -0.120. The second-order valence-electron chi connectivity index (χ2n) is 5.17. The Morgan fingerprint density at radius 3 is 2.21 bits per heavy atom. The van der Waals surface area contributed by atoms with Gasteiger partial charge in [-0.3, -0.25) is 0 Å². The third kappa shape index (κ3) is 4.40. The van der Waals surface area contributed by atoms with Gasteiger partial charge in [0, 0.05) is 13.5 Å². The highest BCUT2D eigenvalue weighted by atomic mass is 16.6. The van der Waals surface area contributed by atoms with Crippen molar-refractivity contribution in [2.24, 2.45) is 0 Å². The molecule has 1 rings (SSSR count). The molecule has 0 N–H and O–H groups in total. The standard InChI is InChI=1S/C11H22O3/c1-10(2,6-9-7-13-9)14-8-11(3,4)12-5/h9H,6-8H2,1-5H3. The summed E-state index contributed by atoms with van der Waals surface area (Å²) in [4.78, 5) is 0. The van der Waals surface area contributed by atoms with E-state index in [-0.39, 0.29) is 11.2 Å². The molecule has 1 heterocycles. The molecule has 3 nitrogen and oxygen atoms in total. The van der Waals surface area contributed by atoms with Crippen LogP contribution in [0.2, 0.25) is 0 Å². The lowest BCUT2D eigenvalue weighted by Crippen LogP contribution is -2.36. The van der Waals surface area contributed by atoms with Crippen molar-refractivity contribution < 1.29 is 14.2 Å². The second kappa shape index (κ2) is 4.17. The fraction of sp³-hybridized carbons (Fsp3) is 1.00. The number of epoxide rings is 1. The number of hydrogen-bond acceptors (Lipinski definition) is 3. The average molecular weight is 202 g/mol. The topological polar surface area (TPSA) is 31.0 Å². The first-order valence-electron chi connectivity index (χ1n) is 5.15. The monoisotopic (exact) mass is 202 g/mol. The van der Waals surface area contributed by atoms with Crippen LogP contribution in [-0.2, 0) is 14.2 Å². The highest BCUT2D eigenvalue weighted by Crippen LogP contribution is 2.26. The molecule has 1 unspecified atom stereocenters. The van der Waals surface area contributed by atoms with Crippen LogP contribution in [0, 0.1) is 0 Å². The molecule has 0 bridgehead atoms. The Balaban J connectivity index is 2.26. The van der Waals surface area contributed by atoms with Crippen LogP contribution in [-0.4, -0.2) is 37.6 Å². The third-order valence-electron chi connectivity index (χ3n) is 2.48. The van der Waals surface area contributed by atoms with Crippen molar-refractivity contribution in [3.8, 4) is 0 Å². The predicted octanol–water partition coefficient (Wildman–Crippen LogP) is 2.00. The first kappa shape index (κ1) is 12.0. The van der Waals surface area contributed by atoms with Gasteiger partial charge in [-0.25, -0.2) is 0 Å². The summed E-state index contributed by atoms with van der Waals surface area (Å²) in [6.07, 6.45) is 1.38. The highest BCUT2D eigenvalue weighted by Gasteiger charge is 2.33. The summed E-state index contributed by atoms with van der Waals surface area (Å²) < 4.78 is 16.3. The van der Waals surface area contributed by atoms with Gasteiger partial charge in [0.2, 0.25) is 0 Å². The van der Waals surface area contributed by atoms with E-state index in [9.17, 15) is 0 Å². The summed E-state index contributed by atoms with van der Waals surface area (Å²) in [7, 11) is 1.71. The van der Waals surface area contributed by atoms with Crippen molar-refractivity contribution >= 4 is 0 Å². The zero-order valence-electron chi connectivity index (χ0n) is 9.92. The van der Waals surface area contributed by atoms with Gasteiger partial charge in [0.25, 0.3) is 0 Å². The van der Waals surface area contributed by atoms with Crippen LogP contribution in [0.1, 0.15) is 34.1 Å². The second-order valence-corrected chi connectivity index (χ2v) is 5.17. The minimum absolute atomic E-state index is 0.114. The summed E-state index contributed by atoms with van der Waals surface area (Å²) in [5.74, 6) is 0. The molecular formula is C11H22O3. The van der Waals surface area contributed by atoms with Crippen LogP contribution in [0.5, 0.6) is 0 Å². The highest BCUT2D eigenvalue weighted by molar-refractivity contribution is 4.81. The first-order chi connectivity index (χ1) is 6.35. The summed E-state index contributed by atoms with van der Waals surface area (Å²) >= 11 is 0. The lowest BCUT2D eigenvalue weighted by molar-refractivity contribution is -0.110. The minimum atomic E-state index is -0.207. The van der Waals surface area contributed by atoms with E-state index in [2.05, 4.69) is 13.8 Å². The van der Waals surface area contributed by atoms with E-state index in [1.165, 1.54) is 0 Å². The third-order valence-corrected chi connectivity index (χ3v) is 2.48. The van der Waals surface area contributed by atoms with E-state index in [1.54, 1.807) is 7.11 Å². The Kier molecular flexibility index (Phi) is 3.56. The number of hydrogen-bond donors (Lipinski definition) is 0. The van der Waals surface area contributed by atoms with Crippen LogP contribution in [0.4, 0.5) is 0 Å². The number of rotatable bonds is 6. The van der Waals surface area contributed by atoms with E-state index >= 15 is 0 Å². The van der Waals surface area contributed by atoms with E-state index < -0.39 is 0 Å². The predicted molar refractivity (Wildman–Crippen MR) is 55.5 cm³/mol. The van der Waals surface area contributed by atoms with Crippen molar-refractivity contribution in [1.29, 1.82) is 0 Å². The van der Waals surface area contributed by atoms with E-state index in [1.807, 2.05) is 13.8 Å². The Bertz CT molecular complexity index is 183. The fourth-order valence-corrected chi connectivity index (χ4v) is 1.22. The fourth-order valence-electron chi connectivity index (χ4n) is 1.22. The van der Waals surface area contributed by atoms with Gasteiger partial charge in [0.1, 0.15) is 0 Å². The Morgan fingerprint density at radius 2 is 1.79 bits per heavy atom. The molecule has 0 amide bonds. The molecule has 0 radical (unpaired) electrons. The van der Waals surface area contributed by atoms with E-state index in [4.69, 9.17) is 14.2 Å². The van der Waals surface area contributed by atoms with Crippen LogP contribution < -0.4 is 0 Å². The number of ether oxygens (including phenoxy) is 3. The Morgan fingerprint density at radius 1 is 1.21 bits per heavy atom. The average Bonchev–Trinajstić information content (AvgIpc) is 2.85. The molecule has 1 atom stereocenters. The van der Waals surface area contributed by atoms with Crippen molar-refractivity contribution in [3.63, 3.8) is 0 Å². The molecular weight excluding hydrogens is 180 g/mol. The van der Waals surface area contributed by atoms with Gasteiger partial charge < -0.3 is 14.2 Å². The molecule has 14 heavy (non-hydrogen) atoms. The van der Waals surface area contributed by atoms with Gasteiger partial charge in [-0.15, -0.1) is 0 Å². The molecule has 0 aromatic rings. The van der Waals surface area contributed by atoms with Crippen LogP contribution in [0.25, 0.3) is 0 Å². The van der Waals surface area contributed by atoms with Crippen molar-refractivity contribution in [1.82, 2.24) is 0 Å². The molecule has 0 saturated carbocycles. The van der Waals surface area contributed by atoms with Crippen LogP contribution in [0.15, 0.2) is 0 Å². The van der Waals surface area contributed by atoms with Crippen LogP contribution >= 0.6 is 0 Å². The van der Waals surface area contributed by atoms with Gasteiger partial charge in [-0.05, 0) is 27.7 Å². The van der Waals surface area contributed by atoms with Gasteiger partial charge in [-0.2, -0.15) is 0 Å². The van der Waals surface area contributed by atoms with Gasteiger partial charge in [-0.1, -0.05) is 0 Å². The lowest BCUT2D eigenvalue weighted by Gasteiger charge is -2.30. The van der Waals surface area contributed by atoms with E-state index in [0.29, 0.717) is 12.7 Å². The molecule has 1 aliphatic rings. The smallest absolute Gasteiger partial charge is 0.0855 e. The van der Waals surface area contributed by atoms with Crippen LogP contribution in [0.3, 0.4) is 0 Å². The molecule has 1 fully saturated rings. The molecule has 1 saturated heterocycles. The molecule has 0 spiro atoms. The minimum Gasteiger partial charge on any atom is -0.376 e. The molecule has 0 aliphatic carbocycles. The first-order valence-corrected chi connectivity index (χ1v) is 5.15. The summed E-state index contributed by atoms with van der Waals surface area (Å²) in [5, 5.41) is 0. The maximum atomic E-state index is 5.83. The zero-order chi connectivity index (χ0) is 10.8. The molecule has 84 valence electrons. The van der Waals surface area contributed by atoms with Gasteiger partial charge in [0.15, 0.2) is 0 Å². The van der Waals surface area contributed by atoms with E-state index in [0.717, 1.165) is 13.0 Å². The lowest BCUT2D eigenvalue weighted by atomic mass is 10.0. The molecule has 1 aliphatic heterocycles. The molecule has 0 aromatic carbocycles. The van der Waals surface area contributed by atoms with Gasteiger partial charge >= 0.3 is 0 Å². The van der Waals surface area contributed by atoms with Crippen molar-refractivity contribution in [2.45, 2.75) is 51.4 Å². The SMILES string of the molecule is COC(C)(C)COC(C)(C)CC1CO1. The summed E-state index contributed by atoms with van der Waals surface area (Å²) in [6, 6.07) is 0. The largest absolute Gasteiger partial charge is 0.376 e. The number of methoxy groups -OCH3 is 1. The zero-order valence-corrected chi connectivity index (χ0v) is 9.92. The summed E-state index contributed by atoms with van der Waals surface area (Å²) in [6.45, 7) is 9.75. The quantitative estimate of drug-likeness (QED) is 0.617.